The number of sulfonamides is 1. The summed E-state index contributed by atoms with van der Waals surface area (Å²) in [6.07, 6.45) is 1.60. The lowest BCUT2D eigenvalue weighted by Crippen LogP contribution is -2.16. The lowest BCUT2D eigenvalue weighted by Gasteiger charge is -2.00. The fourth-order valence-electron chi connectivity index (χ4n) is 1.41. The molecule has 2 heterocycles. The molecular formula is C8H10N4O2S. The lowest BCUT2D eigenvalue weighted by molar-refractivity contribution is 0.593. The van der Waals surface area contributed by atoms with E-state index >= 15 is 0 Å². The number of rotatable bonds is 2. The highest BCUT2D eigenvalue weighted by molar-refractivity contribution is 7.89. The Balaban J connectivity index is 2.91. The first kappa shape index (κ1) is 9.94. The van der Waals surface area contributed by atoms with Crippen LogP contribution in [0.15, 0.2) is 29.4 Å². The third-order valence-corrected chi connectivity index (χ3v) is 2.92. The van der Waals surface area contributed by atoms with E-state index in [1.807, 2.05) is 0 Å². The number of hydrogen-bond acceptors (Lipinski definition) is 4. The zero-order chi connectivity index (χ0) is 11.1. The van der Waals surface area contributed by atoms with E-state index in [0.717, 1.165) is 0 Å². The van der Waals surface area contributed by atoms with Crippen LogP contribution in [0, 0.1) is 0 Å². The van der Waals surface area contributed by atoms with Crippen molar-refractivity contribution < 1.29 is 8.42 Å². The first-order valence-electron chi connectivity index (χ1n) is 4.21. The Hall–Kier alpha value is -1.60. The lowest BCUT2D eigenvalue weighted by atomic mass is 10.5. The average molecular weight is 226 g/mol. The molecule has 0 saturated heterocycles. The van der Waals surface area contributed by atoms with E-state index in [1.165, 1.54) is 4.40 Å². The third-order valence-electron chi connectivity index (χ3n) is 1.99. The number of anilines is 1. The Kier molecular flexibility index (Phi) is 2.13. The largest absolute Gasteiger partial charge is 0.371 e. The number of nitrogens with two attached hydrogens (primary N) is 1. The molecule has 0 unspecified atom stereocenters. The number of pyridine rings is 1. The Morgan fingerprint density at radius 3 is 2.80 bits per heavy atom. The summed E-state index contributed by atoms with van der Waals surface area (Å²) in [4.78, 5) is 4.09. The van der Waals surface area contributed by atoms with Crippen molar-refractivity contribution in [1.29, 1.82) is 0 Å². The van der Waals surface area contributed by atoms with Crippen molar-refractivity contribution in [1.82, 2.24) is 9.38 Å². The predicted octanol–water partition coefficient (Wildman–Crippen LogP) is 0.0234. The third kappa shape index (κ3) is 1.55. The molecule has 2 aromatic rings. The Morgan fingerprint density at radius 2 is 2.20 bits per heavy atom. The maximum atomic E-state index is 11.4. The van der Waals surface area contributed by atoms with Crippen LogP contribution in [-0.4, -0.2) is 24.9 Å². The maximum Gasteiger partial charge on any atom is 0.257 e. The van der Waals surface area contributed by atoms with Gasteiger partial charge >= 0.3 is 0 Å². The fraction of sp³-hybridized carbons (Fsp3) is 0.125. The molecule has 0 amide bonds. The van der Waals surface area contributed by atoms with Crippen molar-refractivity contribution in [3.63, 3.8) is 0 Å². The zero-order valence-electron chi connectivity index (χ0n) is 8.01. The van der Waals surface area contributed by atoms with Crippen molar-refractivity contribution in [3.05, 3.63) is 24.4 Å². The van der Waals surface area contributed by atoms with Crippen molar-refractivity contribution in [2.45, 2.75) is 5.03 Å². The molecule has 0 aliphatic heterocycles. The normalized spacial score (nSPS) is 11.9. The van der Waals surface area contributed by atoms with Gasteiger partial charge in [0.2, 0.25) is 0 Å². The summed E-state index contributed by atoms with van der Waals surface area (Å²) in [6, 6.07) is 5.19. The predicted molar refractivity (Wildman–Crippen MR) is 56.1 cm³/mol. The van der Waals surface area contributed by atoms with Gasteiger partial charge < -0.3 is 5.32 Å². The van der Waals surface area contributed by atoms with Crippen LogP contribution in [0.1, 0.15) is 0 Å². The number of aromatic nitrogens is 2. The second kappa shape index (κ2) is 3.21. The van der Waals surface area contributed by atoms with Crippen molar-refractivity contribution >= 4 is 21.5 Å². The van der Waals surface area contributed by atoms with Gasteiger partial charge in [-0.3, -0.25) is 4.40 Å². The molecule has 0 spiro atoms. The van der Waals surface area contributed by atoms with E-state index in [9.17, 15) is 8.42 Å². The summed E-state index contributed by atoms with van der Waals surface area (Å²) in [5.41, 5.74) is 0.533. The minimum atomic E-state index is -3.79. The molecular weight excluding hydrogens is 216 g/mol. The van der Waals surface area contributed by atoms with Gasteiger partial charge in [-0.05, 0) is 12.1 Å². The first-order valence-corrected chi connectivity index (χ1v) is 5.76. The van der Waals surface area contributed by atoms with Crippen LogP contribution < -0.4 is 10.5 Å². The molecule has 6 nitrogen and oxygen atoms in total. The minimum absolute atomic E-state index is 0.0272. The molecule has 2 aromatic heterocycles. The molecule has 0 aliphatic carbocycles. The molecule has 80 valence electrons. The highest BCUT2D eigenvalue weighted by Crippen LogP contribution is 2.20. The highest BCUT2D eigenvalue weighted by atomic mass is 32.2. The summed E-state index contributed by atoms with van der Waals surface area (Å²) >= 11 is 0. The number of nitrogens with zero attached hydrogens (tertiary/aromatic N) is 2. The molecule has 0 fully saturated rings. The molecule has 2 rings (SSSR count). The van der Waals surface area contributed by atoms with E-state index in [1.54, 1.807) is 31.4 Å². The van der Waals surface area contributed by atoms with Gasteiger partial charge in [0.15, 0.2) is 10.8 Å². The Labute approximate surface area is 86.8 Å². The quantitative estimate of drug-likeness (QED) is 0.755. The molecule has 0 radical (unpaired) electrons. The summed E-state index contributed by atoms with van der Waals surface area (Å²) < 4.78 is 24.2. The fourth-order valence-corrected chi connectivity index (χ4v) is 2.25. The van der Waals surface area contributed by atoms with Gasteiger partial charge in [-0.2, -0.15) is 0 Å². The van der Waals surface area contributed by atoms with Gasteiger partial charge in [0.1, 0.15) is 5.65 Å². The summed E-state index contributed by atoms with van der Waals surface area (Å²) in [7, 11) is -2.20. The number of fused-ring (bicyclic) bond motifs is 1. The molecule has 7 heteroatoms. The van der Waals surface area contributed by atoms with E-state index in [0.29, 0.717) is 5.65 Å². The van der Waals surface area contributed by atoms with E-state index in [4.69, 9.17) is 5.14 Å². The van der Waals surface area contributed by atoms with Gasteiger partial charge in [0, 0.05) is 13.2 Å². The van der Waals surface area contributed by atoms with Crippen molar-refractivity contribution in [2.24, 2.45) is 5.14 Å². The smallest absolute Gasteiger partial charge is 0.257 e. The topological polar surface area (TPSA) is 89.5 Å². The average Bonchev–Trinajstić information content (AvgIpc) is 2.54. The molecule has 0 atom stereocenters. The first-order chi connectivity index (χ1) is 7.04. The van der Waals surface area contributed by atoms with Gasteiger partial charge in [0.25, 0.3) is 10.0 Å². The number of primary sulfonamides is 1. The number of nitrogens with one attached hydrogen (secondary N) is 1. The van der Waals surface area contributed by atoms with Crippen molar-refractivity contribution in [3.8, 4) is 0 Å². The van der Waals surface area contributed by atoms with Gasteiger partial charge in [-0.25, -0.2) is 18.5 Å². The number of hydrogen-bond donors (Lipinski definition) is 2. The minimum Gasteiger partial charge on any atom is -0.371 e. The van der Waals surface area contributed by atoms with E-state index in [2.05, 4.69) is 10.3 Å². The monoisotopic (exact) mass is 226 g/mol. The molecule has 0 aliphatic rings. The highest BCUT2D eigenvalue weighted by Gasteiger charge is 2.20. The molecule has 0 bridgehead atoms. The maximum absolute atomic E-state index is 11.4. The number of imidazole rings is 1. The SMILES string of the molecule is CNc1nc2ccccn2c1S(N)(=O)=O. The molecule has 15 heavy (non-hydrogen) atoms. The van der Waals surface area contributed by atoms with Crippen molar-refractivity contribution in [2.75, 3.05) is 12.4 Å². The zero-order valence-corrected chi connectivity index (χ0v) is 8.82. The molecule has 0 aromatic carbocycles. The Bertz CT molecular complexity index is 602. The summed E-state index contributed by atoms with van der Waals surface area (Å²) in [5.74, 6) is 0.253. The summed E-state index contributed by atoms with van der Waals surface area (Å²) in [5, 5.41) is 7.79. The second-order valence-electron chi connectivity index (χ2n) is 2.99. The van der Waals surface area contributed by atoms with Crippen LogP contribution in [0.4, 0.5) is 5.82 Å². The Morgan fingerprint density at radius 1 is 1.47 bits per heavy atom. The van der Waals surface area contributed by atoms with Crippen LogP contribution in [0.2, 0.25) is 0 Å². The van der Waals surface area contributed by atoms with Crippen LogP contribution in [-0.2, 0) is 10.0 Å². The van der Waals surface area contributed by atoms with Gasteiger partial charge in [0.05, 0.1) is 0 Å². The van der Waals surface area contributed by atoms with Crippen LogP contribution in [0.3, 0.4) is 0 Å². The molecule has 0 saturated carbocycles. The van der Waals surface area contributed by atoms with Crippen LogP contribution >= 0.6 is 0 Å². The van der Waals surface area contributed by atoms with E-state index < -0.39 is 10.0 Å². The summed E-state index contributed by atoms with van der Waals surface area (Å²) in [6.45, 7) is 0. The van der Waals surface area contributed by atoms with Crippen LogP contribution in [0.5, 0.6) is 0 Å². The standard InChI is InChI=1S/C8H10N4O2S/c1-10-7-8(15(9,13)14)12-5-3-2-4-6(12)11-7/h2-5,10H,1H3,(H2,9,13,14). The van der Waals surface area contributed by atoms with E-state index in [-0.39, 0.29) is 10.8 Å². The van der Waals surface area contributed by atoms with Gasteiger partial charge in [-0.1, -0.05) is 6.07 Å². The molecule has 3 N–H and O–H groups in total. The van der Waals surface area contributed by atoms with Crippen LogP contribution in [0.25, 0.3) is 5.65 Å². The second-order valence-corrected chi connectivity index (χ2v) is 4.47. The van der Waals surface area contributed by atoms with Gasteiger partial charge in [-0.15, -0.1) is 0 Å².